The van der Waals surface area contributed by atoms with E-state index in [0.717, 1.165) is 16.8 Å². The lowest BCUT2D eigenvalue weighted by atomic mass is 9.87. The van der Waals surface area contributed by atoms with Gasteiger partial charge in [-0.2, -0.15) is 0 Å². The van der Waals surface area contributed by atoms with E-state index in [1.54, 1.807) is 36.9 Å². The Kier molecular flexibility index (Phi) is 4.70. The molecule has 0 unspecified atom stereocenters. The van der Waals surface area contributed by atoms with Gasteiger partial charge in [0.05, 0.1) is 29.8 Å². The summed E-state index contributed by atoms with van der Waals surface area (Å²) in [5, 5.41) is 18.7. The third-order valence-corrected chi connectivity index (χ3v) is 5.56. The first-order valence-electron chi connectivity index (χ1n) is 10.3. The maximum absolute atomic E-state index is 14.3. The number of hydrogen-bond donors (Lipinski definition) is 2. The van der Waals surface area contributed by atoms with Crippen molar-refractivity contribution in [3.05, 3.63) is 70.9 Å². The molecule has 0 atom stereocenters. The molecule has 162 valence electrons. The molecule has 3 aromatic heterocycles. The molecule has 32 heavy (non-hydrogen) atoms. The fourth-order valence-electron chi connectivity index (χ4n) is 4.02. The third-order valence-electron chi connectivity index (χ3n) is 5.56. The molecule has 0 spiro atoms. The van der Waals surface area contributed by atoms with Crippen LogP contribution in [0.15, 0.2) is 42.6 Å². The molecular formula is C23H22FN7O. The number of halogens is 1. The van der Waals surface area contributed by atoms with Crippen molar-refractivity contribution >= 4 is 5.95 Å². The van der Waals surface area contributed by atoms with Crippen LogP contribution in [0.25, 0.3) is 22.6 Å². The van der Waals surface area contributed by atoms with Crippen LogP contribution in [0, 0.1) is 5.82 Å². The molecule has 0 amide bonds. The van der Waals surface area contributed by atoms with Crippen LogP contribution in [0.5, 0.6) is 0 Å². The van der Waals surface area contributed by atoms with Gasteiger partial charge in [0.2, 0.25) is 5.95 Å². The van der Waals surface area contributed by atoms with Crippen molar-refractivity contribution < 1.29 is 9.50 Å². The maximum atomic E-state index is 14.3. The number of hydrogen-bond acceptors (Lipinski definition) is 7. The number of anilines is 1. The Balaban J connectivity index is 1.51. The van der Waals surface area contributed by atoms with Crippen LogP contribution in [-0.4, -0.2) is 35.1 Å². The summed E-state index contributed by atoms with van der Waals surface area (Å²) in [6.07, 6.45) is 2.92. The lowest BCUT2D eigenvalue weighted by molar-refractivity contribution is 0.0736. The SMILES string of the molecule is CC(C)(O)c1cccc(Cn2cc(-c3nc(N)nc4c3CCc3c(F)cccc3-4)nn2)n1. The van der Waals surface area contributed by atoms with E-state index in [2.05, 4.69) is 25.3 Å². The summed E-state index contributed by atoms with van der Waals surface area (Å²) in [6.45, 7) is 3.77. The quantitative estimate of drug-likeness (QED) is 0.510. The molecule has 3 N–H and O–H groups in total. The number of nitrogens with two attached hydrogens (primary N) is 1. The number of fused-ring (bicyclic) bond motifs is 3. The van der Waals surface area contributed by atoms with Gasteiger partial charge in [-0.15, -0.1) is 5.10 Å². The van der Waals surface area contributed by atoms with Crippen LogP contribution in [0.1, 0.15) is 36.4 Å². The Morgan fingerprint density at radius 1 is 1.03 bits per heavy atom. The zero-order chi connectivity index (χ0) is 22.5. The number of aromatic nitrogens is 6. The minimum atomic E-state index is -1.03. The van der Waals surface area contributed by atoms with Gasteiger partial charge in [-0.3, -0.25) is 4.98 Å². The number of benzene rings is 1. The second-order valence-corrected chi connectivity index (χ2v) is 8.40. The lowest BCUT2D eigenvalue weighted by Crippen LogP contribution is -2.18. The Bertz CT molecular complexity index is 1330. The Hall–Kier alpha value is -3.72. The summed E-state index contributed by atoms with van der Waals surface area (Å²) in [5.41, 5.74) is 10.4. The summed E-state index contributed by atoms with van der Waals surface area (Å²) >= 11 is 0. The number of aliphatic hydroxyl groups is 1. The van der Waals surface area contributed by atoms with Gasteiger partial charge in [0.15, 0.2) is 0 Å². The van der Waals surface area contributed by atoms with Gasteiger partial charge in [-0.05, 0) is 50.5 Å². The van der Waals surface area contributed by atoms with Crippen molar-refractivity contribution in [1.29, 1.82) is 0 Å². The van der Waals surface area contributed by atoms with Crippen molar-refractivity contribution in [2.45, 2.75) is 38.8 Å². The van der Waals surface area contributed by atoms with Crippen molar-refractivity contribution in [2.75, 3.05) is 5.73 Å². The van der Waals surface area contributed by atoms with Gasteiger partial charge >= 0.3 is 0 Å². The Morgan fingerprint density at radius 2 is 1.78 bits per heavy atom. The molecule has 0 fully saturated rings. The summed E-state index contributed by atoms with van der Waals surface area (Å²) in [6, 6.07) is 10.5. The van der Waals surface area contributed by atoms with E-state index in [9.17, 15) is 9.50 Å². The van der Waals surface area contributed by atoms with Crippen molar-refractivity contribution in [3.63, 3.8) is 0 Å². The van der Waals surface area contributed by atoms with Crippen LogP contribution in [0.3, 0.4) is 0 Å². The molecule has 0 saturated carbocycles. The molecule has 1 aromatic carbocycles. The smallest absolute Gasteiger partial charge is 0.221 e. The highest BCUT2D eigenvalue weighted by atomic mass is 19.1. The van der Waals surface area contributed by atoms with E-state index in [1.165, 1.54) is 6.07 Å². The molecule has 5 rings (SSSR count). The largest absolute Gasteiger partial charge is 0.384 e. The van der Waals surface area contributed by atoms with Gasteiger partial charge in [0.25, 0.3) is 0 Å². The Morgan fingerprint density at radius 3 is 2.59 bits per heavy atom. The van der Waals surface area contributed by atoms with Crippen molar-refractivity contribution in [3.8, 4) is 22.6 Å². The predicted octanol–water partition coefficient (Wildman–Crippen LogP) is 2.89. The lowest BCUT2D eigenvalue weighted by Gasteiger charge is -2.21. The molecule has 1 aliphatic carbocycles. The summed E-state index contributed by atoms with van der Waals surface area (Å²) in [4.78, 5) is 13.3. The van der Waals surface area contributed by atoms with Gasteiger partial charge in [-0.1, -0.05) is 23.4 Å². The minimum Gasteiger partial charge on any atom is -0.384 e. The zero-order valence-electron chi connectivity index (χ0n) is 17.7. The average Bonchev–Trinajstić information content (AvgIpc) is 3.21. The van der Waals surface area contributed by atoms with E-state index in [0.29, 0.717) is 47.7 Å². The van der Waals surface area contributed by atoms with E-state index < -0.39 is 5.60 Å². The van der Waals surface area contributed by atoms with Gasteiger partial charge in [0.1, 0.15) is 22.8 Å². The van der Waals surface area contributed by atoms with Crippen LogP contribution >= 0.6 is 0 Å². The first kappa shape index (κ1) is 20.2. The average molecular weight is 431 g/mol. The molecule has 0 saturated heterocycles. The van der Waals surface area contributed by atoms with Crippen LogP contribution in [-0.2, 0) is 25.0 Å². The highest BCUT2D eigenvalue weighted by molar-refractivity contribution is 5.77. The standard InChI is InChI=1S/C23H22FN7O/c1-23(2,32)19-8-3-5-13(26-19)11-31-12-18(29-30-31)21-16-10-9-14-15(6-4-7-17(14)24)20(16)27-22(25)28-21/h3-8,12,32H,9-11H2,1-2H3,(H2,25,27,28). The number of pyridine rings is 1. The van der Waals surface area contributed by atoms with E-state index in [4.69, 9.17) is 5.73 Å². The molecule has 0 aliphatic heterocycles. The van der Waals surface area contributed by atoms with Crippen LogP contribution in [0.4, 0.5) is 10.3 Å². The number of nitrogens with zero attached hydrogens (tertiary/aromatic N) is 6. The van der Waals surface area contributed by atoms with E-state index >= 15 is 0 Å². The maximum Gasteiger partial charge on any atom is 0.221 e. The van der Waals surface area contributed by atoms with Gasteiger partial charge < -0.3 is 10.8 Å². The van der Waals surface area contributed by atoms with E-state index in [1.807, 2.05) is 18.2 Å². The summed E-state index contributed by atoms with van der Waals surface area (Å²) in [7, 11) is 0. The number of rotatable bonds is 4. The van der Waals surface area contributed by atoms with Crippen molar-refractivity contribution in [1.82, 2.24) is 29.9 Å². The normalized spacial score (nSPS) is 13.0. The minimum absolute atomic E-state index is 0.102. The molecule has 4 aromatic rings. The molecule has 9 heteroatoms. The molecule has 0 radical (unpaired) electrons. The fraction of sp³-hybridized carbons (Fsp3) is 0.261. The van der Waals surface area contributed by atoms with E-state index in [-0.39, 0.29) is 11.8 Å². The van der Waals surface area contributed by atoms with Gasteiger partial charge in [0, 0.05) is 11.1 Å². The molecular weight excluding hydrogens is 409 g/mol. The van der Waals surface area contributed by atoms with Gasteiger partial charge in [-0.25, -0.2) is 19.0 Å². The second kappa shape index (κ2) is 7.45. The summed E-state index contributed by atoms with van der Waals surface area (Å²) in [5.74, 6) is -0.136. The summed E-state index contributed by atoms with van der Waals surface area (Å²) < 4.78 is 15.9. The van der Waals surface area contributed by atoms with Crippen LogP contribution in [0.2, 0.25) is 0 Å². The second-order valence-electron chi connectivity index (χ2n) is 8.40. The molecule has 8 nitrogen and oxygen atoms in total. The predicted molar refractivity (Wildman–Crippen MR) is 117 cm³/mol. The topological polar surface area (TPSA) is 116 Å². The van der Waals surface area contributed by atoms with Crippen molar-refractivity contribution in [2.24, 2.45) is 0 Å². The first-order valence-corrected chi connectivity index (χ1v) is 10.3. The first-order chi connectivity index (χ1) is 15.3. The highest BCUT2D eigenvalue weighted by Crippen LogP contribution is 2.37. The molecule has 1 aliphatic rings. The highest BCUT2D eigenvalue weighted by Gasteiger charge is 2.26. The number of nitrogen functional groups attached to an aromatic ring is 1. The zero-order valence-corrected chi connectivity index (χ0v) is 17.7. The molecule has 0 bridgehead atoms. The fourth-order valence-corrected chi connectivity index (χ4v) is 4.02. The Labute approximate surface area is 184 Å². The third kappa shape index (κ3) is 3.60. The monoisotopic (exact) mass is 431 g/mol. The molecule has 3 heterocycles. The van der Waals surface area contributed by atoms with Crippen LogP contribution < -0.4 is 5.73 Å².